The number of nitrogens with two attached hydrogens (primary N) is 1. The second-order valence-electron chi connectivity index (χ2n) is 6.08. The fourth-order valence-corrected chi connectivity index (χ4v) is 2.99. The number of aromatic nitrogens is 2. The Morgan fingerprint density at radius 3 is 1.81 bits per heavy atom. The Balaban J connectivity index is 1.99. The Bertz CT molecular complexity index is 1130. The molecule has 0 aliphatic heterocycles. The lowest BCUT2D eigenvalue weighted by atomic mass is 10.0. The molecule has 4 rings (SSSR count). The SMILES string of the molecule is N#Cc1cccc(-c2nc(-c3ccccc3)c(N)nc2-c2ccccc2)c1. The van der Waals surface area contributed by atoms with Crippen LogP contribution in [0.5, 0.6) is 0 Å². The average Bonchev–Trinajstić information content (AvgIpc) is 2.75. The molecule has 0 saturated heterocycles. The smallest absolute Gasteiger partial charge is 0.150 e. The zero-order valence-corrected chi connectivity index (χ0v) is 14.5. The lowest BCUT2D eigenvalue weighted by Gasteiger charge is -2.13. The van der Waals surface area contributed by atoms with Gasteiger partial charge in [0.15, 0.2) is 5.82 Å². The molecule has 0 aliphatic rings. The third-order valence-electron chi connectivity index (χ3n) is 4.28. The van der Waals surface area contributed by atoms with E-state index in [9.17, 15) is 5.26 Å². The molecule has 0 aliphatic carbocycles. The molecule has 0 spiro atoms. The van der Waals surface area contributed by atoms with E-state index in [-0.39, 0.29) is 0 Å². The summed E-state index contributed by atoms with van der Waals surface area (Å²) in [5.41, 5.74) is 11.5. The van der Waals surface area contributed by atoms with E-state index < -0.39 is 0 Å². The molecule has 0 fully saturated rings. The van der Waals surface area contributed by atoms with Crippen molar-refractivity contribution in [2.24, 2.45) is 0 Å². The van der Waals surface area contributed by atoms with Gasteiger partial charge in [0.05, 0.1) is 23.0 Å². The van der Waals surface area contributed by atoms with Gasteiger partial charge in [0.2, 0.25) is 0 Å². The molecule has 128 valence electrons. The van der Waals surface area contributed by atoms with E-state index in [1.165, 1.54) is 0 Å². The van der Waals surface area contributed by atoms with Crippen LogP contribution in [0, 0.1) is 11.3 Å². The predicted octanol–water partition coefficient (Wildman–Crippen LogP) is 4.93. The third-order valence-corrected chi connectivity index (χ3v) is 4.28. The fraction of sp³-hybridized carbons (Fsp3) is 0. The number of nitrogens with zero attached hydrogens (tertiary/aromatic N) is 3. The molecule has 0 bridgehead atoms. The Labute approximate surface area is 157 Å². The molecule has 1 heterocycles. The van der Waals surface area contributed by atoms with Gasteiger partial charge < -0.3 is 5.73 Å². The van der Waals surface area contributed by atoms with Gasteiger partial charge in [0.1, 0.15) is 5.69 Å². The summed E-state index contributed by atoms with van der Waals surface area (Å²) in [6, 6.07) is 29.1. The summed E-state index contributed by atoms with van der Waals surface area (Å²) in [5.74, 6) is 0.375. The maximum Gasteiger partial charge on any atom is 0.150 e. The van der Waals surface area contributed by atoms with Crippen molar-refractivity contribution >= 4 is 5.82 Å². The number of rotatable bonds is 3. The molecule has 4 aromatic rings. The van der Waals surface area contributed by atoms with Gasteiger partial charge in [-0.25, -0.2) is 9.97 Å². The number of anilines is 1. The molecule has 4 nitrogen and oxygen atoms in total. The van der Waals surface area contributed by atoms with Gasteiger partial charge >= 0.3 is 0 Å². The van der Waals surface area contributed by atoms with Crippen molar-refractivity contribution in [3.63, 3.8) is 0 Å². The quantitative estimate of drug-likeness (QED) is 0.569. The summed E-state index contributed by atoms with van der Waals surface area (Å²) in [7, 11) is 0. The third kappa shape index (κ3) is 3.26. The van der Waals surface area contributed by atoms with E-state index in [0.717, 1.165) is 16.7 Å². The van der Waals surface area contributed by atoms with Crippen molar-refractivity contribution in [2.45, 2.75) is 0 Å². The molecule has 1 aromatic heterocycles. The number of nitriles is 1. The van der Waals surface area contributed by atoms with E-state index in [0.29, 0.717) is 28.5 Å². The van der Waals surface area contributed by atoms with E-state index in [1.807, 2.05) is 78.9 Å². The van der Waals surface area contributed by atoms with Crippen LogP contribution in [0.2, 0.25) is 0 Å². The molecule has 0 unspecified atom stereocenters. The molecule has 0 radical (unpaired) electrons. The first-order chi connectivity index (χ1) is 13.3. The summed E-state index contributed by atoms with van der Waals surface area (Å²) in [6.45, 7) is 0. The minimum Gasteiger partial charge on any atom is -0.382 e. The van der Waals surface area contributed by atoms with Crippen molar-refractivity contribution in [2.75, 3.05) is 5.73 Å². The Hall–Kier alpha value is -3.97. The lowest BCUT2D eigenvalue weighted by molar-refractivity contribution is 1.22. The topological polar surface area (TPSA) is 75.6 Å². The summed E-state index contributed by atoms with van der Waals surface area (Å²) in [4.78, 5) is 9.55. The van der Waals surface area contributed by atoms with Crippen LogP contribution >= 0.6 is 0 Å². The summed E-state index contributed by atoms with van der Waals surface area (Å²) in [6.07, 6.45) is 0. The number of benzene rings is 3. The van der Waals surface area contributed by atoms with E-state index in [2.05, 4.69) is 11.1 Å². The van der Waals surface area contributed by atoms with Crippen molar-refractivity contribution in [1.29, 1.82) is 5.26 Å². The van der Waals surface area contributed by atoms with Crippen LogP contribution < -0.4 is 5.73 Å². The maximum atomic E-state index is 9.27. The second-order valence-corrected chi connectivity index (χ2v) is 6.08. The number of hydrogen-bond acceptors (Lipinski definition) is 4. The Morgan fingerprint density at radius 1 is 0.630 bits per heavy atom. The van der Waals surface area contributed by atoms with Crippen LogP contribution in [0.4, 0.5) is 5.82 Å². The fourth-order valence-electron chi connectivity index (χ4n) is 2.99. The van der Waals surface area contributed by atoms with Gasteiger partial charge in [0, 0.05) is 16.7 Å². The normalized spacial score (nSPS) is 10.3. The first-order valence-corrected chi connectivity index (χ1v) is 8.55. The maximum absolute atomic E-state index is 9.27. The lowest BCUT2D eigenvalue weighted by Crippen LogP contribution is -2.03. The zero-order chi connectivity index (χ0) is 18.6. The standard InChI is InChI=1S/C23H16N4/c24-15-16-8-7-13-19(14-16)21-20(17-9-3-1-4-10-17)27-23(25)22(26-21)18-11-5-2-6-12-18/h1-14H,(H2,25,27). The molecule has 27 heavy (non-hydrogen) atoms. The van der Waals surface area contributed by atoms with Crippen LogP contribution in [-0.2, 0) is 0 Å². The van der Waals surface area contributed by atoms with Crippen LogP contribution in [0.1, 0.15) is 5.56 Å². The van der Waals surface area contributed by atoms with Gasteiger partial charge in [-0.1, -0.05) is 72.8 Å². The van der Waals surface area contributed by atoms with Crippen molar-refractivity contribution in [1.82, 2.24) is 9.97 Å². The van der Waals surface area contributed by atoms with E-state index >= 15 is 0 Å². The van der Waals surface area contributed by atoms with Gasteiger partial charge in [-0.2, -0.15) is 5.26 Å². The zero-order valence-electron chi connectivity index (χ0n) is 14.5. The average molecular weight is 348 g/mol. The number of nitrogen functional groups attached to an aromatic ring is 1. The molecule has 4 heteroatoms. The van der Waals surface area contributed by atoms with Crippen LogP contribution in [0.15, 0.2) is 84.9 Å². The van der Waals surface area contributed by atoms with Gasteiger partial charge in [-0.15, -0.1) is 0 Å². The molecule has 0 saturated carbocycles. The number of hydrogen-bond donors (Lipinski definition) is 1. The van der Waals surface area contributed by atoms with Gasteiger partial charge in [-0.3, -0.25) is 0 Å². The highest BCUT2D eigenvalue weighted by atomic mass is 14.9. The monoisotopic (exact) mass is 348 g/mol. The summed E-state index contributed by atoms with van der Waals surface area (Å²) in [5, 5.41) is 9.27. The first-order valence-electron chi connectivity index (χ1n) is 8.55. The Morgan fingerprint density at radius 2 is 1.19 bits per heavy atom. The molecular formula is C23H16N4. The highest BCUT2D eigenvalue weighted by molar-refractivity contribution is 5.83. The largest absolute Gasteiger partial charge is 0.382 e. The molecule has 0 amide bonds. The van der Waals surface area contributed by atoms with Crippen molar-refractivity contribution in [3.05, 3.63) is 90.5 Å². The summed E-state index contributed by atoms with van der Waals surface area (Å²) < 4.78 is 0. The van der Waals surface area contributed by atoms with Gasteiger partial charge in [0.25, 0.3) is 0 Å². The molecule has 2 N–H and O–H groups in total. The highest BCUT2D eigenvalue weighted by Crippen LogP contribution is 2.34. The minimum absolute atomic E-state index is 0.375. The van der Waals surface area contributed by atoms with Crippen LogP contribution in [0.25, 0.3) is 33.8 Å². The molecule has 0 atom stereocenters. The molecule has 3 aromatic carbocycles. The van der Waals surface area contributed by atoms with Gasteiger partial charge in [-0.05, 0) is 12.1 Å². The highest BCUT2D eigenvalue weighted by Gasteiger charge is 2.16. The van der Waals surface area contributed by atoms with Crippen LogP contribution in [-0.4, -0.2) is 9.97 Å². The van der Waals surface area contributed by atoms with E-state index in [1.54, 1.807) is 6.07 Å². The van der Waals surface area contributed by atoms with Crippen LogP contribution in [0.3, 0.4) is 0 Å². The predicted molar refractivity (Wildman–Crippen MR) is 107 cm³/mol. The summed E-state index contributed by atoms with van der Waals surface area (Å²) >= 11 is 0. The minimum atomic E-state index is 0.375. The van der Waals surface area contributed by atoms with Crippen molar-refractivity contribution in [3.8, 4) is 39.8 Å². The van der Waals surface area contributed by atoms with Crippen molar-refractivity contribution < 1.29 is 0 Å². The second kappa shape index (κ2) is 7.11. The molecular weight excluding hydrogens is 332 g/mol. The first kappa shape index (κ1) is 16.5. The Kier molecular flexibility index (Phi) is 4.34. The van der Waals surface area contributed by atoms with E-state index in [4.69, 9.17) is 10.7 Å².